The Hall–Kier alpha value is -2.81. The quantitative estimate of drug-likeness (QED) is 0.593. The summed E-state index contributed by atoms with van der Waals surface area (Å²) < 4.78 is 2.39. The van der Waals surface area contributed by atoms with Gasteiger partial charge in [0.05, 0.1) is 17.5 Å². The van der Waals surface area contributed by atoms with Gasteiger partial charge in [-0.05, 0) is 35.4 Å². The smallest absolute Gasteiger partial charge is 0.238 e. The Morgan fingerprint density at radius 1 is 1.15 bits per heavy atom. The Morgan fingerprint density at radius 3 is 3.00 bits per heavy atom. The van der Waals surface area contributed by atoms with Crippen molar-refractivity contribution < 1.29 is 4.79 Å². The lowest BCUT2D eigenvalue weighted by atomic mass is 10.1. The van der Waals surface area contributed by atoms with Crippen molar-refractivity contribution in [3.8, 4) is 0 Å². The van der Waals surface area contributed by atoms with E-state index in [-0.39, 0.29) is 17.3 Å². The number of anilines is 1. The van der Waals surface area contributed by atoms with Gasteiger partial charge < -0.3 is 14.8 Å². The predicted molar refractivity (Wildman–Crippen MR) is 136 cm³/mol. The first-order valence-electron chi connectivity index (χ1n) is 12.0. The molecule has 34 heavy (non-hydrogen) atoms. The molecule has 0 aliphatic carbocycles. The molecule has 2 fully saturated rings. The number of carbonyl (C=O) groups is 1. The molecule has 0 bridgehead atoms. The number of piperazine rings is 1. The molecule has 0 spiro atoms. The van der Waals surface area contributed by atoms with Crippen LogP contribution in [0, 0.1) is 0 Å². The molecule has 3 atom stereocenters. The highest BCUT2D eigenvalue weighted by Crippen LogP contribution is 2.37. The molecule has 6 rings (SSSR count). The Morgan fingerprint density at radius 2 is 2.09 bits per heavy atom. The van der Waals surface area contributed by atoms with Crippen molar-refractivity contribution in [3.63, 3.8) is 0 Å². The van der Waals surface area contributed by atoms with Gasteiger partial charge in [0.25, 0.3) is 0 Å². The van der Waals surface area contributed by atoms with E-state index in [1.807, 2.05) is 12.3 Å². The minimum Gasteiger partial charge on any atom is -0.360 e. The van der Waals surface area contributed by atoms with E-state index in [4.69, 9.17) is 0 Å². The van der Waals surface area contributed by atoms with Crippen LogP contribution in [0.5, 0.6) is 0 Å². The number of thioether (sulfide) groups is 1. The van der Waals surface area contributed by atoms with Crippen molar-refractivity contribution >= 4 is 23.4 Å². The number of nitrogens with zero attached hydrogens (tertiary/aromatic N) is 4. The number of hydrogen-bond acceptors (Lipinski definition) is 6. The zero-order valence-corrected chi connectivity index (χ0v) is 20.0. The lowest BCUT2D eigenvalue weighted by molar-refractivity contribution is -0.122. The lowest BCUT2D eigenvalue weighted by Gasteiger charge is -2.42. The summed E-state index contributed by atoms with van der Waals surface area (Å²) in [6, 6.07) is 17.4. The van der Waals surface area contributed by atoms with Crippen molar-refractivity contribution in [1.82, 2.24) is 25.1 Å². The summed E-state index contributed by atoms with van der Waals surface area (Å²) in [5.74, 6) is 0.873. The monoisotopic (exact) mass is 474 g/mol. The third-order valence-corrected chi connectivity index (χ3v) is 8.39. The number of nitrogens with one attached hydrogen (secondary N) is 2. The van der Waals surface area contributed by atoms with Gasteiger partial charge in [-0.2, -0.15) is 0 Å². The van der Waals surface area contributed by atoms with Crippen LogP contribution in [0.2, 0.25) is 0 Å². The van der Waals surface area contributed by atoms with Gasteiger partial charge in [0.1, 0.15) is 0 Å². The van der Waals surface area contributed by atoms with E-state index in [9.17, 15) is 4.79 Å². The second-order valence-corrected chi connectivity index (χ2v) is 10.3. The average Bonchev–Trinajstić information content (AvgIpc) is 3.53. The van der Waals surface area contributed by atoms with E-state index < -0.39 is 0 Å². The maximum absolute atomic E-state index is 12.8. The first-order chi connectivity index (χ1) is 16.8. The number of benzene rings is 1. The van der Waals surface area contributed by atoms with Crippen LogP contribution in [0.4, 0.5) is 5.69 Å². The molecule has 5 heterocycles. The molecular weight excluding hydrogens is 444 g/mol. The molecule has 3 aromatic rings. The molecule has 0 saturated carbocycles. The fourth-order valence-electron chi connectivity index (χ4n) is 5.37. The summed E-state index contributed by atoms with van der Waals surface area (Å²) in [4.78, 5) is 22.0. The zero-order valence-electron chi connectivity index (χ0n) is 19.1. The van der Waals surface area contributed by atoms with Crippen LogP contribution in [0.15, 0.2) is 67.1 Å². The molecule has 1 aromatic carbocycles. The number of carbonyl (C=O) groups excluding carboxylic acids is 1. The summed E-state index contributed by atoms with van der Waals surface area (Å²) in [6.07, 6.45) is 5.84. The van der Waals surface area contributed by atoms with E-state index in [0.29, 0.717) is 12.6 Å². The summed E-state index contributed by atoms with van der Waals surface area (Å²) in [5.41, 5.74) is 5.24. The molecular formula is C26H30N6OS. The van der Waals surface area contributed by atoms with Crippen molar-refractivity contribution in [1.29, 1.82) is 0 Å². The number of pyridine rings is 1. The summed E-state index contributed by atoms with van der Waals surface area (Å²) in [5, 5.41) is 6.74. The second kappa shape index (κ2) is 9.44. The van der Waals surface area contributed by atoms with Crippen molar-refractivity contribution in [3.05, 3.63) is 83.9 Å². The van der Waals surface area contributed by atoms with Crippen LogP contribution in [0.3, 0.4) is 0 Å². The molecule has 176 valence electrons. The van der Waals surface area contributed by atoms with Crippen molar-refractivity contribution in [2.75, 3.05) is 43.4 Å². The van der Waals surface area contributed by atoms with E-state index in [1.54, 1.807) is 18.0 Å². The Bertz CT molecular complexity index is 1150. The SMILES string of the molecule is O=C(NCCN1CCN2c3ccccc3Cn3cccc3C2C1)C1CSC(c2cccnc2)N1. The Kier molecular flexibility index (Phi) is 6.03. The molecule has 3 aliphatic rings. The number of hydrogen-bond donors (Lipinski definition) is 2. The molecule has 2 N–H and O–H groups in total. The highest BCUT2D eigenvalue weighted by Gasteiger charge is 2.34. The molecule has 0 radical (unpaired) electrons. The maximum atomic E-state index is 12.8. The van der Waals surface area contributed by atoms with E-state index in [0.717, 1.165) is 44.0 Å². The predicted octanol–water partition coefficient (Wildman–Crippen LogP) is 2.63. The minimum atomic E-state index is -0.159. The van der Waals surface area contributed by atoms with E-state index in [2.05, 4.69) is 78.6 Å². The van der Waals surface area contributed by atoms with Crippen molar-refractivity contribution in [2.24, 2.45) is 0 Å². The van der Waals surface area contributed by atoms with Gasteiger partial charge >= 0.3 is 0 Å². The first-order valence-corrected chi connectivity index (χ1v) is 13.1. The number of amides is 1. The van der Waals surface area contributed by atoms with Crippen molar-refractivity contribution in [2.45, 2.75) is 24.0 Å². The van der Waals surface area contributed by atoms with Gasteiger partial charge in [-0.1, -0.05) is 24.3 Å². The highest BCUT2D eigenvalue weighted by molar-refractivity contribution is 7.99. The Labute approximate surface area is 204 Å². The molecule has 8 heteroatoms. The lowest BCUT2D eigenvalue weighted by Crippen LogP contribution is -2.51. The summed E-state index contributed by atoms with van der Waals surface area (Å²) in [7, 11) is 0. The number of fused-ring (bicyclic) bond motifs is 5. The minimum absolute atomic E-state index is 0.0924. The van der Waals surface area contributed by atoms with Gasteiger partial charge in [-0.25, -0.2) is 0 Å². The zero-order chi connectivity index (χ0) is 22.9. The summed E-state index contributed by atoms with van der Waals surface area (Å²) in [6.45, 7) is 5.42. The summed E-state index contributed by atoms with van der Waals surface area (Å²) >= 11 is 1.77. The van der Waals surface area contributed by atoms with Crippen LogP contribution in [0.1, 0.15) is 28.2 Å². The van der Waals surface area contributed by atoms with E-state index in [1.165, 1.54) is 16.9 Å². The van der Waals surface area contributed by atoms with Crippen LogP contribution in [0.25, 0.3) is 0 Å². The molecule has 3 aliphatic heterocycles. The number of para-hydroxylation sites is 1. The Balaban J connectivity index is 1.05. The fourth-order valence-corrected chi connectivity index (χ4v) is 6.60. The molecule has 2 aromatic heterocycles. The number of aromatic nitrogens is 2. The molecule has 3 unspecified atom stereocenters. The third-order valence-electron chi connectivity index (χ3n) is 7.13. The number of rotatable bonds is 5. The fraction of sp³-hybridized carbons (Fsp3) is 0.385. The van der Waals surface area contributed by atoms with Crippen LogP contribution in [-0.4, -0.2) is 64.9 Å². The highest BCUT2D eigenvalue weighted by atomic mass is 32.2. The van der Waals surface area contributed by atoms with Crippen LogP contribution >= 0.6 is 11.8 Å². The molecule has 1 amide bonds. The van der Waals surface area contributed by atoms with Gasteiger partial charge in [0, 0.05) is 75.0 Å². The van der Waals surface area contributed by atoms with Gasteiger partial charge in [-0.3, -0.25) is 20.0 Å². The first kappa shape index (κ1) is 21.7. The van der Waals surface area contributed by atoms with Crippen LogP contribution < -0.4 is 15.5 Å². The maximum Gasteiger partial charge on any atom is 0.238 e. The molecule has 7 nitrogen and oxygen atoms in total. The largest absolute Gasteiger partial charge is 0.360 e. The van der Waals surface area contributed by atoms with Gasteiger partial charge in [0.2, 0.25) is 5.91 Å². The third kappa shape index (κ3) is 4.21. The van der Waals surface area contributed by atoms with E-state index >= 15 is 0 Å². The van der Waals surface area contributed by atoms with Gasteiger partial charge in [0.15, 0.2) is 0 Å². The average molecular weight is 475 g/mol. The standard InChI is InChI=1S/C26H30N6OS/c33-25(21-18-34-26(29-21)19-6-3-9-27-15-19)28-10-12-30-13-14-32-22-7-2-1-5-20(22)16-31-11-4-8-23(31)24(32)17-30/h1-9,11,15,21,24,26,29H,10,12-14,16-18H2,(H,28,33). The topological polar surface area (TPSA) is 65.4 Å². The normalized spacial score (nSPS) is 24.1. The second-order valence-electron chi connectivity index (χ2n) is 9.21. The van der Waals surface area contributed by atoms with Gasteiger partial charge in [-0.15, -0.1) is 11.8 Å². The van der Waals surface area contributed by atoms with Crippen LogP contribution in [-0.2, 0) is 11.3 Å². The molecule has 2 saturated heterocycles.